The Labute approximate surface area is 130 Å². The molecule has 3 N–H and O–H groups in total. The minimum atomic E-state index is -0.764. The van der Waals surface area contributed by atoms with E-state index in [0.29, 0.717) is 51.0 Å². The van der Waals surface area contributed by atoms with Gasteiger partial charge in [0.1, 0.15) is 0 Å². The molecule has 0 unspecified atom stereocenters. The molecule has 0 bridgehead atoms. The number of rotatable bonds is 11. The molecule has 0 aromatic heterocycles. The van der Waals surface area contributed by atoms with Crippen molar-refractivity contribution in [1.29, 1.82) is 0 Å². The SMILES string of the molecule is CCOC(=O)CCCC/C(CCC(=O)OCC)=N/NC(N)=O. The molecule has 8 nitrogen and oxygen atoms in total. The summed E-state index contributed by atoms with van der Waals surface area (Å²) >= 11 is 0. The van der Waals surface area contributed by atoms with Gasteiger partial charge in [0.25, 0.3) is 0 Å². The van der Waals surface area contributed by atoms with Crippen molar-refractivity contribution in [3.63, 3.8) is 0 Å². The molecule has 2 amide bonds. The summed E-state index contributed by atoms with van der Waals surface area (Å²) in [6.45, 7) is 4.18. The molecule has 0 aliphatic rings. The van der Waals surface area contributed by atoms with Gasteiger partial charge in [-0.1, -0.05) is 0 Å². The molecular weight excluding hydrogens is 290 g/mol. The van der Waals surface area contributed by atoms with Crippen LogP contribution in [-0.4, -0.2) is 36.9 Å². The molecule has 0 rings (SSSR count). The van der Waals surface area contributed by atoms with Crippen LogP contribution in [0.15, 0.2) is 5.10 Å². The van der Waals surface area contributed by atoms with Crippen molar-refractivity contribution >= 4 is 23.7 Å². The number of nitrogens with one attached hydrogen (secondary N) is 1. The van der Waals surface area contributed by atoms with E-state index in [0.717, 1.165) is 0 Å². The largest absolute Gasteiger partial charge is 0.466 e. The number of nitrogens with two attached hydrogens (primary N) is 1. The predicted molar refractivity (Wildman–Crippen MR) is 81.1 cm³/mol. The Morgan fingerprint density at radius 3 is 2.00 bits per heavy atom. The summed E-state index contributed by atoms with van der Waals surface area (Å²) in [6, 6.07) is -0.764. The maximum Gasteiger partial charge on any atom is 0.332 e. The third kappa shape index (κ3) is 11.7. The Morgan fingerprint density at radius 1 is 0.909 bits per heavy atom. The molecule has 0 atom stereocenters. The van der Waals surface area contributed by atoms with Crippen LogP contribution in [0.2, 0.25) is 0 Å². The van der Waals surface area contributed by atoms with Gasteiger partial charge in [-0.05, 0) is 39.5 Å². The Hall–Kier alpha value is -2.12. The average Bonchev–Trinajstić information content (AvgIpc) is 2.45. The lowest BCUT2D eigenvalue weighted by Gasteiger charge is -2.07. The molecule has 0 spiro atoms. The Balaban J connectivity index is 4.18. The second-order valence-corrected chi connectivity index (χ2v) is 4.47. The highest BCUT2D eigenvalue weighted by Gasteiger charge is 2.08. The molecular formula is C14H25N3O5. The first-order chi connectivity index (χ1) is 10.5. The van der Waals surface area contributed by atoms with Crippen molar-refractivity contribution in [2.75, 3.05) is 13.2 Å². The van der Waals surface area contributed by atoms with Gasteiger partial charge in [-0.3, -0.25) is 9.59 Å². The predicted octanol–water partition coefficient (Wildman–Crippen LogP) is 1.48. The number of ether oxygens (including phenoxy) is 2. The number of carbonyl (C=O) groups excluding carboxylic acids is 3. The molecule has 22 heavy (non-hydrogen) atoms. The van der Waals surface area contributed by atoms with Gasteiger partial charge in [-0.25, -0.2) is 10.2 Å². The third-order valence-electron chi connectivity index (χ3n) is 2.65. The van der Waals surface area contributed by atoms with Crippen LogP contribution in [-0.2, 0) is 19.1 Å². The lowest BCUT2D eigenvalue weighted by molar-refractivity contribution is -0.144. The van der Waals surface area contributed by atoms with E-state index in [4.69, 9.17) is 15.2 Å². The summed E-state index contributed by atoms with van der Waals surface area (Å²) in [7, 11) is 0. The van der Waals surface area contributed by atoms with E-state index in [1.54, 1.807) is 13.8 Å². The van der Waals surface area contributed by atoms with Gasteiger partial charge in [-0.15, -0.1) is 0 Å². The average molecular weight is 315 g/mol. The molecule has 0 aliphatic carbocycles. The summed E-state index contributed by atoms with van der Waals surface area (Å²) in [5, 5.41) is 3.88. The zero-order valence-corrected chi connectivity index (χ0v) is 13.2. The molecule has 0 saturated carbocycles. The zero-order chi connectivity index (χ0) is 16.8. The van der Waals surface area contributed by atoms with Gasteiger partial charge in [0.2, 0.25) is 0 Å². The Morgan fingerprint density at radius 2 is 1.45 bits per heavy atom. The quantitative estimate of drug-likeness (QED) is 0.259. The number of hydrogen-bond donors (Lipinski definition) is 2. The van der Waals surface area contributed by atoms with Gasteiger partial charge < -0.3 is 15.2 Å². The standard InChI is InChI=1S/C14H25N3O5/c1-3-21-12(18)8-6-5-7-11(16-17-14(15)20)9-10-13(19)22-4-2/h3-10H2,1-2H3,(H3,15,17,20)/b16-11-. The van der Waals surface area contributed by atoms with Gasteiger partial charge in [-0.2, -0.15) is 5.10 Å². The van der Waals surface area contributed by atoms with Crippen LogP contribution in [0, 0.1) is 0 Å². The molecule has 0 aromatic carbocycles. The van der Waals surface area contributed by atoms with E-state index in [-0.39, 0.29) is 18.4 Å². The topological polar surface area (TPSA) is 120 Å². The highest BCUT2D eigenvalue weighted by atomic mass is 16.5. The number of primary amides is 1. The number of hydrazone groups is 1. The molecule has 0 heterocycles. The second kappa shape index (κ2) is 12.6. The summed E-state index contributed by atoms with van der Waals surface area (Å²) in [4.78, 5) is 33.2. The number of amides is 2. The first kappa shape index (κ1) is 19.9. The number of unbranched alkanes of at least 4 members (excludes halogenated alkanes) is 1. The van der Waals surface area contributed by atoms with E-state index in [1.165, 1.54) is 0 Å². The highest BCUT2D eigenvalue weighted by molar-refractivity contribution is 5.88. The van der Waals surface area contributed by atoms with Crippen molar-refractivity contribution < 1.29 is 23.9 Å². The van der Waals surface area contributed by atoms with Crippen molar-refractivity contribution in [1.82, 2.24) is 5.43 Å². The van der Waals surface area contributed by atoms with Crippen molar-refractivity contribution in [3.05, 3.63) is 0 Å². The van der Waals surface area contributed by atoms with Crippen LogP contribution >= 0.6 is 0 Å². The van der Waals surface area contributed by atoms with Crippen LogP contribution in [0.3, 0.4) is 0 Å². The number of hydrogen-bond acceptors (Lipinski definition) is 6. The lowest BCUT2D eigenvalue weighted by Crippen LogP contribution is -2.26. The van der Waals surface area contributed by atoms with Crippen LogP contribution in [0.5, 0.6) is 0 Å². The van der Waals surface area contributed by atoms with Gasteiger partial charge in [0.15, 0.2) is 0 Å². The fraction of sp³-hybridized carbons (Fsp3) is 0.714. The molecule has 0 saturated heterocycles. The molecule has 0 radical (unpaired) electrons. The fourth-order valence-corrected chi connectivity index (χ4v) is 1.68. The number of urea groups is 1. The minimum absolute atomic E-state index is 0.186. The van der Waals surface area contributed by atoms with Crippen LogP contribution in [0.1, 0.15) is 52.4 Å². The molecule has 126 valence electrons. The van der Waals surface area contributed by atoms with Crippen molar-refractivity contribution in [3.8, 4) is 0 Å². The normalized spacial score (nSPS) is 10.9. The fourth-order valence-electron chi connectivity index (χ4n) is 1.68. The Bertz CT molecular complexity index is 396. The maximum absolute atomic E-state index is 11.3. The summed E-state index contributed by atoms with van der Waals surface area (Å²) < 4.78 is 9.66. The van der Waals surface area contributed by atoms with E-state index < -0.39 is 6.03 Å². The van der Waals surface area contributed by atoms with E-state index in [1.807, 2.05) is 0 Å². The monoisotopic (exact) mass is 315 g/mol. The number of nitrogens with zero attached hydrogens (tertiary/aromatic N) is 1. The van der Waals surface area contributed by atoms with Gasteiger partial charge in [0.05, 0.1) is 19.6 Å². The first-order valence-electron chi connectivity index (χ1n) is 7.41. The first-order valence-corrected chi connectivity index (χ1v) is 7.41. The summed E-state index contributed by atoms with van der Waals surface area (Å²) in [5.74, 6) is -0.552. The number of carbonyl (C=O) groups is 3. The van der Waals surface area contributed by atoms with Crippen LogP contribution in [0.4, 0.5) is 4.79 Å². The smallest absolute Gasteiger partial charge is 0.332 e. The van der Waals surface area contributed by atoms with Crippen LogP contribution < -0.4 is 11.2 Å². The molecule has 0 fully saturated rings. The van der Waals surface area contributed by atoms with E-state index >= 15 is 0 Å². The summed E-state index contributed by atoms with van der Waals surface area (Å²) in [5.41, 5.74) is 7.75. The molecule has 0 aliphatic heterocycles. The zero-order valence-electron chi connectivity index (χ0n) is 13.2. The van der Waals surface area contributed by atoms with Gasteiger partial charge in [0, 0.05) is 12.1 Å². The Kier molecular flexibility index (Phi) is 11.4. The molecule has 8 heteroatoms. The second-order valence-electron chi connectivity index (χ2n) is 4.47. The van der Waals surface area contributed by atoms with Crippen molar-refractivity contribution in [2.45, 2.75) is 52.4 Å². The maximum atomic E-state index is 11.3. The van der Waals surface area contributed by atoms with Gasteiger partial charge >= 0.3 is 18.0 Å². The highest BCUT2D eigenvalue weighted by Crippen LogP contribution is 2.07. The number of esters is 2. The summed E-state index contributed by atoms with van der Waals surface area (Å²) in [6.07, 6.45) is 2.79. The van der Waals surface area contributed by atoms with Crippen LogP contribution in [0.25, 0.3) is 0 Å². The van der Waals surface area contributed by atoms with E-state index in [2.05, 4.69) is 10.5 Å². The van der Waals surface area contributed by atoms with E-state index in [9.17, 15) is 14.4 Å². The molecule has 0 aromatic rings. The third-order valence-corrected chi connectivity index (χ3v) is 2.65. The lowest BCUT2D eigenvalue weighted by atomic mass is 10.1. The van der Waals surface area contributed by atoms with Crippen molar-refractivity contribution in [2.24, 2.45) is 10.8 Å². The minimum Gasteiger partial charge on any atom is -0.466 e.